The molecule has 2 aromatic carbocycles. The molecule has 2 rings (SSSR count). The van der Waals surface area contributed by atoms with E-state index in [9.17, 15) is 4.39 Å². The molecule has 2 N–H and O–H groups in total. The van der Waals surface area contributed by atoms with Crippen LogP contribution in [0.5, 0.6) is 5.75 Å². The number of nitrogens with two attached hydrogens (primary N) is 1. The summed E-state index contributed by atoms with van der Waals surface area (Å²) in [6.07, 6.45) is 0. The van der Waals surface area contributed by atoms with Gasteiger partial charge in [0.05, 0.1) is 0 Å². The Morgan fingerprint density at radius 1 is 1.26 bits per heavy atom. The molecule has 19 heavy (non-hydrogen) atoms. The maximum absolute atomic E-state index is 13.8. The molecule has 4 heteroatoms. The van der Waals surface area contributed by atoms with Crippen LogP contribution in [0.1, 0.15) is 24.1 Å². The van der Waals surface area contributed by atoms with Crippen LogP contribution in [0.4, 0.5) is 4.39 Å². The second-order valence-corrected chi connectivity index (χ2v) is 5.28. The standard InChI is InChI=1S/C15H15BrFNO/c1-10(18)13-6-3-7-14(17)15(13)19-9-11-4-2-5-12(16)8-11/h2-8,10H,9,18H2,1H3. The van der Waals surface area contributed by atoms with E-state index in [1.165, 1.54) is 6.07 Å². The molecule has 1 atom stereocenters. The Morgan fingerprint density at radius 3 is 2.68 bits per heavy atom. The van der Waals surface area contributed by atoms with E-state index in [4.69, 9.17) is 10.5 Å². The quantitative estimate of drug-likeness (QED) is 0.915. The molecule has 0 saturated carbocycles. The predicted molar refractivity (Wildman–Crippen MR) is 77.5 cm³/mol. The fraction of sp³-hybridized carbons (Fsp3) is 0.200. The van der Waals surface area contributed by atoms with Gasteiger partial charge in [0.25, 0.3) is 0 Å². The second-order valence-electron chi connectivity index (χ2n) is 4.37. The zero-order valence-electron chi connectivity index (χ0n) is 10.6. The summed E-state index contributed by atoms with van der Waals surface area (Å²) in [5.74, 6) is -0.151. The number of benzene rings is 2. The summed E-state index contributed by atoms with van der Waals surface area (Å²) in [6.45, 7) is 2.11. The van der Waals surface area contributed by atoms with Gasteiger partial charge in [-0.05, 0) is 30.7 Å². The van der Waals surface area contributed by atoms with Crippen LogP contribution in [0, 0.1) is 5.82 Å². The minimum Gasteiger partial charge on any atom is -0.485 e. The second kappa shape index (κ2) is 6.17. The van der Waals surface area contributed by atoms with Gasteiger partial charge in [-0.25, -0.2) is 4.39 Å². The molecule has 0 aliphatic rings. The Hall–Kier alpha value is -1.39. The smallest absolute Gasteiger partial charge is 0.165 e. The van der Waals surface area contributed by atoms with Crippen LogP contribution in [0.25, 0.3) is 0 Å². The molecule has 0 amide bonds. The first kappa shape index (κ1) is 14.0. The first-order chi connectivity index (χ1) is 9.08. The van der Waals surface area contributed by atoms with Gasteiger partial charge in [-0.2, -0.15) is 0 Å². The van der Waals surface area contributed by atoms with Crippen molar-refractivity contribution in [1.82, 2.24) is 0 Å². The van der Waals surface area contributed by atoms with Crippen molar-refractivity contribution in [3.05, 3.63) is 63.9 Å². The van der Waals surface area contributed by atoms with Gasteiger partial charge >= 0.3 is 0 Å². The van der Waals surface area contributed by atoms with E-state index in [1.54, 1.807) is 19.1 Å². The molecule has 0 aliphatic carbocycles. The first-order valence-corrected chi connectivity index (χ1v) is 6.78. The van der Waals surface area contributed by atoms with Crippen molar-refractivity contribution in [2.24, 2.45) is 5.73 Å². The normalized spacial score (nSPS) is 12.2. The number of para-hydroxylation sites is 1. The molecule has 0 saturated heterocycles. The Balaban J connectivity index is 2.19. The molecule has 100 valence electrons. The van der Waals surface area contributed by atoms with Crippen LogP contribution in [-0.4, -0.2) is 0 Å². The Kier molecular flexibility index (Phi) is 4.56. The van der Waals surface area contributed by atoms with E-state index < -0.39 is 0 Å². The molecule has 2 aromatic rings. The van der Waals surface area contributed by atoms with Gasteiger partial charge in [0.15, 0.2) is 11.6 Å². The highest BCUT2D eigenvalue weighted by Crippen LogP contribution is 2.28. The number of rotatable bonds is 4. The topological polar surface area (TPSA) is 35.2 Å². The average molecular weight is 324 g/mol. The third-order valence-electron chi connectivity index (χ3n) is 2.76. The van der Waals surface area contributed by atoms with E-state index in [0.717, 1.165) is 10.0 Å². The summed E-state index contributed by atoms with van der Waals surface area (Å²) in [6, 6.07) is 12.2. The van der Waals surface area contributed by atoms with Crippen LogP contribution < -0.4 is 10.5 Å². The minimum absolute atomic E-state index is 0.234. The monoisotopic (exact) mass is 323 g/mol. The van der Waals surface area contributed by atoms with Gasteiger partial charge in [0, 0.05) is 16.1 Å². The molecular weight excluding hydrogens is 309 g/mol. The summed E-state index contributed by atoms with van der Waals surface area (Å²) in [4.78, 5) is 0. The molecular formula is C15H15BrFNO. The number of hydrogen-bond donors (Lipinski definition) is 1. The molecule has 0 radical (unpaired) electrons. The maximum atomic E-state index is 13.8. The molecule has 1 unspecified atom stereocenters. The third kappa shape index (κ3) is 3.55. The largest absolute Gasteiger partial charge is 0.485 e. The Labute approximate surface area is 120 Å². The highest BCUT2D eigenvalue weighted by atomic mass is 79.9. The number of hydrogen-bond acceptors (Lipinski definition) is 2. The lowest BCUT2D eigenvalue weighted by Crippen LogP contribution is -2.09. The lowest BCUT2D eigenvalue weighted by molar-refractivity contribution is 0.285. The van der Waals surface area contributed by atoms with Gasteiger partial charge in [0.1, 0.15) is 6.61 Å². The summed E-state index contributed by atoms with van der Waals surface area (Å²) >= 11 is 3.39. The Morgan fingerprint density at radius 2 is 2.00 bits per heavy atom. The van der Waals surface area contributed by atoms with E-state index >= 15 is 0 Å². The summed E-state index contributed by atoms with van der Waals surface area (Å²) in [5, 5.41) is 0. The molecule has 0 aromatic heterocycles. The molecule has 0 heterocycles. The van der Waals surface area contributed by atoms with E-state index in [0.29, 0.717) is 12.2 Å². The van der Waals surface area contributed by atoms with Crippen LogP contribution in [-0.2, 0) is 6.61 Å². The molecule has 0 fully saturated rings. The first-order valence-electron chi connectivity index (χ1n) is 5.99. The van der Waals surface area contributed by atoms with Gasteiger partial charge < -0.3 is 10.5 Å². The van der Waals surface area contributed by atoms with Gasteiger partial charge in [-0.15, -0.1) is 0 Å². The molecule has 2 nitrogen and oxygen atoms in total. The summed E-state index contributed by atoms with van der Waals surface area (Å²) in [5.41, 5.74) is 7.46. The SMILES string of the molecule is CC(N)c1cccc(F)c1OCc1cccc(Br)c1. The summed E-state index contributed by atoms with van der Waals surface area (Å²) in [7, 11) is 0. The Bertz CT molecular complexity index is 572. The van der Waals surface area contributed by atoms with E-state index in [1.807, 2.05) is 24.3 Å². The van der Waals surface area contributed by atoms with Crippen molar-refractivity contribution in [2.75, 3.05) is 0 Å². The van der Waals surface area contributed by atoms with Crippen molar-refractivity contribution in [3.8, 4) is 5.75 Å². The van der Waals surface area contributed by atoms with Crippen LogP contribution in [0.3, 0.4) is 0 Å². The number of halogens is 2. The fourth-order valence-corrected chi connectivity index (χ4v) is 2.27. The minimum atomic E-state index is -0.384. The fourth-order valence-electron chi connectivity index (χ4n) is 1.82. The van der Waals surface area contributed by atoms with Crippen molar-refractivity contribution in [3.63, 3.8) is 0 Å². The average Bonchev–Trinajstić information content (AvgIpc) is 2.37. The van der Waals surface area contributed by atoms with E-state index in [2.05, 4.69) is 15.9 Å². The van der Waals surface area contributed by atoms with Crippen molar-refractivity contribution >= 4 is 15.9 Å². The molecule has 0 bridgehead atoms. The highest BCUT2D eigenvalue weighted by molar-refractivity contribution is 9.10. The van der Waals surface area contributed by atoms with Crippen LogP contribution in [0.15, 0.2) is 46.9 Å². The zero-order chi connectivity index (χ0) is 13.8. The van der Waals surface area contributed by atoms with Crippen molar-refractivity contribution < 1.29 is 9.13 Å². The van der Waals surface area contributed by atoms with Crippen LogP contribution in [0.2, 0.25) is 0 Å². The molecule has 0 aliphatic heterocycles. The lowest BCUT2D eigenvalue weighted by Gasteiger charge is -2.14. The van der Waals surface area contributed by atoms with Gasteiger partial charge in [0.2, 0.25) is 0 Å². The maximum Gasteiger partial charge on any atom is 0.165 e. The van der Waals surface area contributed by atoms with Gasteiger partial charge in [-0.3, -0.25) is 0 Å². The zero-order valence-corrected chi connectivity index (χ0v) is 12.2. The predicted octanol–water partition coefficient (Wildman–Crippen LogP) is 4.19. The van der Waals surface area contributed by atoms with Crippen LogP contribution >= 0.6 is 15.9 Å². The molecule has 0 spiro atoms. The van der Waals surface area contributed by atoms with Crippen molar-refractivity contribution in [1.29, 1.82) is 0 Å². The number of ether oxygens (including phenoxy) is 1. The van der Waals surface area contributed by atoms with Crippen molar-refractivity contribution in [2.45, 2.75) is 19.6 Å². The van der Waals surface area contributed by atoms with Gasteiger partial charge in [-0.1, -0.05) is 40.2 Å². The highest BCUT2D eigenvalue weighted by Gasteiger charge is 2.13. The third-order valence-corrected chi connectivity index (χ3v) is 3.25. The summed E-state index contributed by atoms with van der Waals surface area (Å²) < 4.78 is 20.4. The van der Waals surface area contributed by atoms with E-state index in [-0.39, 0.29) is 17.6 Å². The lowest BCUT2D eigenvalue weighted by atomic mass is 10.1.